The van der Waals surface area contributed by atoms with Crippen molar-refractivity contribution in [2.75, 3.05) is 18.8 Å². The van der Waals surface area contributed by atoms with Crippen molar-refractivity contribution in [2.45, 2.75) is 51.7 Å². The molecular formula is C33H34N8O2S. The number of carbonyl (C=O) groups excluding carboxylic acids is 1. The Morgan fingerprint density at radius 1 is 1.09 bits per heavy atom. The van der Waals surface area contributed by atoms with Crippen molar-refractivity contribution in [3.63, 3.8) is 0 Å². The quantitative estimate of drug-likeness (QED) is 0.235. The zero-order chi connectivity index (χ0) is 30.4. The molecular weight excluding hydrogens is 572 g/mol. The molecule has 0 unspecified atom stereocenters. The maximum absolute atomic E-state index is 12.5. The summed E-state index contributed by atoms with van der Waals surface area (Å²) >= 11 is 1.65. The molecule has 2 N–H and O–H groups in total. The molecule has 44 heavy (non-hydrogen) atoms. The molecule has 1 aliphatic rings. The molecule has 0 radical (unpaired) electrons. The molecule has 224 valence electrons. The van der Waals surface area contributed by atoms with Crippen molar-refractivity contribution in [3.8, 4) is 22.5 Å². The lowest BCUT2D eigenvalue weighted by atomic mass is 9.98. The number of hydrogen-bond acceptors (Lipinski definition) is 8. The lowest BCUT2D eigenvalue weighted by Gasteiger charge is -2.32. The van der Waals surface area contributed by atoms with E-state index in [2.05, 4.69) is 58.1 Å². The van der Waals surface area contributed by atoms with Gasteiger partial charge in [0.25, 0.3) is 0 Å². The summed E-state index contributed by atoms with van der Waals surface area (Å²) in [7, 11) is 0. The van der Waals surface area contributed by atoms with Gasteiger partial charge in [-0.15, -0.1) is 11.3 Å². The molecule has 0 bridgehead atoms. The number of amides is 1. The standard InChI is InChI=1S/C33H34N8O2S/c1-33(2,3)43-32(42)39-13-11-22(12-14-39)31-37-27(19-44-31)28-16-25(29-30(34)35-20-36-41(28)29)23-9-10-24-18-40(38-26(24)15-23)17-21-7-5-4-6-8-21/h4-10,15-16,18-20,22H,11-14,17H2,1-3H3,(H2,34,35,36). The molecule has 10 nitrogen and oxygen atoms in total. The molecule has 5 heterocycles. The minimum atomic E-state index is -0.500. The third kappa shape index (κ3) is 5.50. The van der Waals surface area contributed by atoms with Crippen molar-refractivity contribution in [1.29, 1.82) is 0 Å². The van der Waals surface area contributed by atoms with E-state index in [-0.39, 0.29) is 12.0 Å². The third-order valence-corrected chi connectivity index (χ3v) is 8.92. The molecule has 1 fully saturated rings. The lowest BCUT2D eigenvalue weighted by molar-refractivity contribution is 0.0205. The second-order valence-electron chi connectivity index (χ2n) is 12.2. The van der Waals surface area contributed by atoms with E-state index in [1.54, 1.807) is 16.2 Å². The molecule has 1 saturated heterocycles. The van der Waals surface area contributed by atoms with Gasteiger partial charge in [-0.3, -0.25) is 4.68 Å². The summed E-state index contributed by atoms with van der Waals surface area (Å²) in [6, 6.07) is 18.7. The van der Waals surface area contributed by atoms with Gasteiger partial charge in [-0.1, -0.05) is 42.5 Å². The average molecular weight is 607 g/mol. The molecule has 0 atom stereocenters. The van der Waals surface area contributed by atoms with Gasteiger partial charge in [0.2, 0.25) is 0 Å². The second kappa shape index (κ2) is 11.1. The number of likely N-dealkylation sites (tertiary alicyclic amines) is 1. The summed E-state index contributed by atoms with van der Waals surface area (Å²) in [4.78, 5) is 23.7. The largest absolute Gasteiger partial charge is 0.444 e. The molecule has 6 aromatic rings. The Labute approximate surface area is 259 Å². The van der Waals surface area contributed by atoms with Crippen LogP contribution in [0.25, 0.3) is 38.9 Å². The summed E-state index contributed by atoms with van der Waals surface area (Å²) in [6.45, 7) is 7.69. The molecule has 1 amide bonds. The molecule has 11 heteroatoms. The van der Waals surface area contributed by atoms with Crippen LogP contribution in [-0.2, 0) is 11.3 Å². The number of carbonyl (C=O) groups is 1. The maximum Gasteiger partial charge on any atom is 0.410 e. The van der Waals surface area contributed by atoms with Crippen LogP contribution in [0.5, 0.6) is 0 Å². The highest BCUT2D eigenvalue weighted by molar-refractivity contribution is 7.10. The normalized spacial score (nSPS) is 14.5. The van der Waals surface area contributed by atoms with Crippen molar-refractivity contribution < 1.29 is 9.53 Å². The van der Waals surface area contributed by atoms with Crippen molar-refractivity contribution >= 4 is 39.7 Å². The molecule has 7 rings (SSSR count). The molecule has 0 saturated carbocycles. The van der Waals surface area contributed by atoms with Crippen LogP contribution in [-0.4, -0.2) is 59.0 Å². The fraction of sp³-hybridized carbons (Fsp3) is 0.303. The highest BCUT2D eigenvalue weighted by Crippen LogP contribution is 2.38. The van der Waals surface area contributed by atoms with Crippen LogP contribution in [0.1, 0.15) is 50.1 Å². The number of anilines is 1. The summed E-state index contributed by atoms with van der Waals surface area (Å²) in [5.41, 5.74) is 12.4. The van der Waals surface area contributed by atoms with E-state index in [1.165, 1.54) is 11.9 Å². The summed E-state index contributed by atoms with van der Waals surface area (Å²) in [6.07, 6.45) is 4.99. The van der Waals surface area contributed by atoms with Crippen LogP contribution in [0, 0.1) is 0 Å². The zero-order valence-electron chi connectivity index (χ0n) is 25.0. The van der Waals surface area contributed by atoms with Gasteiger partial charge in [0.05, 0.1) is 28.5 Å². The van der Waals surface area contributed by atoms with Crippen molar-refractivity contribution in [3.05, 3.63) is 83.1 Å². The predicted molar refractivity (Wildman–Crippen MR) is 173 cm³/mol. The minimum Gasteiger partial charge on any atom is -0.444 e. The van der Waals surface area contributed by atoms with Crippen LogP contribution in [0.2, 0.25) is 0 Å². The number of thiazole rings is 1. The molecule has 2 aromatic carbocycles. The first-order chi connectivity index (χ1) is 21.2. The highest BCUT2D eigenvalue weighted by atomic mass is 32.1. The number of rotatable bonds is 5. The monoisotopic (exact) mass is 606 g/mol. The van der Waals surface area contributed by atoms with Crippen LogP contribution in [0.15, 0.2) is 72.5 Å². The number of benzene rings is 2. The van der Waals surface area contributed by atoms with E-state index in [1.807, 2.05) is 48.2 Å². The first-order valence-corrected chi connectivity index (χ1v) is 15.7. The van der Waals surface area contributed by atoms with Gasteiger partial charge in [-0.05, 0) is 56.9 Å². The molecule has 0 aliphatic carbocycles. The van der Waals surface area contributed by atoms with E-state index in [4.69, 9.17) is 20.6 Å². The Kier molecular flexibility index (Phi) is 7.04. The van der Waals surface area contributed by atoms with Crippen LogP contribution in [0.3, 0.4) is 0 Å². The van der Waals surface area contributed by atoms with Crippen molar-refractivity contribution in [1.82, 2.24) is 34.3 Å². The smallest absolute Gasteiger partial charge is 0.410 e. The summed E-state index contributed by atoms with van der Waals surface area (Å²) < 4.78 is 9.37. The van der Waals surface area contributed by atoms with Gasteiger partial charge >= 0.3 is 6.09 Å². The fourth-order valence-electron chi connectivity index (χ4n) is 5.78. The van der Waals surface area contributed by atoms with E-state index in [0.717, 1.165) is 56.8 Å². The number of aromatic nitrogens is 6. The van der Waals surface area contributed by atoms with Gasteiger partial charge in [-0.2, -0.15) is 10.2 Å². The van der Waals surface area contributed by atoms with Crippen LogP contribution < -0.4 is 5.73 Å². The topological polar surface area (TPSA) is 116 Å². The highest BCUT2D eigenvalue weighted by Gasteiger charge is 2.29. The Balaban J connectivity index is 1.16. The Hall–Kier alpha value is -4.77. The summed E-state index contributed by atoms with van der Waals surface area (Å²) in [5, 5.41) is 13.6. The number of nitrogens with two attached hydrogens (primary N) is 1. The number of ether oxygens (including phenoxy) is 1. The zero-order valence-corrected chi connectivity index (χ0v) is 25.8. The van der Waals surface area contributed by atoms with Crippen molar-refractivity contribution in [2.24, 2.45) is 0 Å². The second-order valence-corrected chi connectivity index (χ2v) is 13.1. The maximum atomic E-state index is 12.5. The molecule has 0 spiro atoms. The van der Waals surface area contributed by atoms with E-state index in [0.29, 0.717) is 25.5 Å². The first-order valence-electron chi connectivity index (χ1n) is 14.8. The Morgan fingerprint density at radius 2 is 1.89 bits per heavy atom. The molecule has 1 aliphatic heterocycles. The Bertz CT molecular complexity index is 1960. The number of piperidine rings is 1. The van der Waals surface area contributed by atoms with E-state index < -0.39 is 5.60 Å². The summed E-state index contributed by atoms with van der Waals surface area (Å²) in [5.74, 6) is 0.687. The Morgan fingerprint density at radius 3 is 2.66 bits per heavy atom. The first kappa shape index (κ1) is 28.0. The van der Waals surface area contributed by atoms with Gasteiger partial charge in [-0.25, -0.2) is 19.3 Å². The van der Waals surface area contributed by atoms with Gasteiger partial charge in [0, 0.05) is 41.5 Å². The minimum absolute atomic E-state index is 0.249. The third-order valence-electron chi connectivity index (χ3n) is 7.92. The number of nitrogens with zero attached hydrogens (tertiary/aromatic N) is 7. The SMILES string of the molecule is CC(C)(C)OC(=O)N1CCC(c2nc(-c3cc(-c4ccc5cn(Cc6ccccc6)nc5c4)c4c(N)ncnn34)cs2)CC1. The predicted octanol–water partition coefficient (Wildman–Crippen LogP) is 6.61. The van der Waals surface area contributed by atoms with Crippen LogP contribution >= 0.6 is 11.3 Å². The van der Waals surface area contributed by atoms with Gasteiger partial charge in [0.1, 0.15) is 17.4 Å². The lowest BCUT2D eigenvalue weighted by Crippen LogP contribution is -2.41. The van der Waals surface area contributed by atoms with Gasteiger partial charge in [0.15, 0.2) is 5.82 Å². The number of fused-ring (bicyclic) bond motifs is 2. The fourth-order valence-corrected chi connectivity index (χ4v) is 6.77. The van der Waals surface area contributed by atoms with Gasteiger partial charge < -0.3 is 15.4 Å². The molecule has 4 aromatic heterocycles. The van der Waals surface area contributed by atoms with E-state index in [9.17, 15) is 4.79 Å². The average Bonchev–Trinajstić information content (AvgIpc) is 3.74. The number of nitrogen functional groups attached to an aromatic ring is 1. The van der Waals surface area contributed by atoms with E-state index >= 15 is 0 Å². The van der Waals surface area contributed by atoms with Crippen LogP contribution in [0.4, 0.5) is 10.6 Å². The number of hydrogen-bond donors (Lipinski definition) is 1.